The van der Waals surface area contributed by atoms with E-state index in [1.807, 2.05) is 0 Å². The van der Waals surface area contributed by atoms with Gasteiger partial charge in [0.05, 0.1) is 8.07 Å². The summed E-state index contributed by atoms with van der Waals surface area (Å²) in [6.07, 6.45) is 7.21. The Labute approximate surface area is 117 Å². The Morgan fingerprint density at radius 1 is 1.42 bits per heavy atom. The molecule has 1 aliphatic rings. The van der Waals surface area contributed by atoms with E-state index in [-0.39, 0.29) is 0 Å². The zero-order valence-corrected chi connectivity index (χ0v) is 13.4. The van der Waals surface area contributed by atoms with Gasteiger partial charge in [0.25, 0.3) is 0 Å². The maximum atomic E-state index is 12.0. The number of carbonyl (C=O) groups is 1. The largest absolute Gasteiger partial charge is 0.397 e. The minimum Gasteiger partial charge on any atom is -0.328 e. The molecule has 1 rings (SSSR count). The van der Waals surface area contributed by atoms with Crippen LogP contribution in [0.15, 0.2) is 12.3 Å². The van der Waals surface area contributed by atoms with Crippen LogP contribution in [0.4, 0.5) is 9.18 Å². The molecular weight excluding hydrogens is 257 g/mol. The smallest absolute Gasteiger partial charge is 0.328 e. The SMILES string of the molecule is C=C[Si](C)(C)C1CCCC(CCCCNC(=O)F)C1. The fraction of sp³-hybridized carbons (Fsp3) is 0.800. The summed E-state index contributed by atoms with van der Waals surface area (Å²) in [6.45, 7) is 9.33. The lowest BCUT2D eigenvalue weighted by Crippen LogP contribution is -2.33. The molecule has 19 heavy (non-hydrogen) atoms. The molecule has 0 bridgehead atoms. The normalized spacial score (nSPS) is 23.9. The summed E-state index contributed by atoms with van der Waals surface area (Å²) in [6, 6.07) is 0. The highest BCUT2D eigenvalue weighted by Crippen LogP contribution is 2.41. The van der Waals surface area contributed by atoms with Crippen LogP contribution in [0, 0.1) is 5.92 Å². The van der Waals surface area contributed by atoms with E-state index in [9.17, 15) is 9.18 Å². The molecule has 2 atom stereocenters. The van der Waals surface area contributed by atoms with Crippen molar-refractivity contribution in [2.24, 2.45) is 5.92 Å². The molecule has 0 radical (unpaired) electrons. The first-order chi connectivity index (χ1) is 8.95. The molecule has 1 aliphatic carbocycles. The zero-order valence-electron chi connectivity index (χ0n) is 12.4. The third-order valence-corrected chi connectivity index (χ3v) is 8.35. The standard InChI is InChI=1S/C15H28FNOSi/c1-4-19(2,3)14-10-7-9-13(12-14)8-5-6-11-17-15(16)18/h4,13-14H,1,5-12H2,2-3H3,(H,17,18). The van der Waals surface area contributed by atoms with Crippen molar-refractivity contribution >= 4 is 14.2 Å². The van der Waals surface area contributed by atoms with E-state index >= 15 is 0 Å². The van der Waals surface area contributed by atoms with Crippen LogP contribution in [0.25, 0.3) is 0 Å². The Kier molecular flexibility index (Phi) is 6.76. The maximum Gasteiger partial charge on any atom is 0.397 e. The van der Waals surface area contributed by atoms with Crippen molar-refractivity contribution in [3.63, 3.8) is 0 Å². The van der Waals surface area contributed by atoms with Gasteiger partial charge in [0.1, 0.15) is 0 Å². The second kappa shape index (κ2) is 7.83. The van der Waals surface area contributed by atoms with Gasteiger partial charge in [-0.15, -0.1) is 16.7 Å². The third-order valence-electron chi connectivity index (χ3n) is 4.66. The van der Waals surface area contributed by atoms with E-state index in [0.29, 0.717) is 6.54 Å². The van der Waals surface area contributed by atoms with Crippen molar-refractivity contribution in [3.8, 4) is 0 Å². The molecule has 0 aliphatic heterocycles. The van der Waals surface area contributed by atoms with Gasteiger partial charge < -0.3 is 5.32 Å². The molecule has 1 fully saturated rings. The quantitative estimate of drug-likeness (QED) is 0.309. The molecule has 2 nitrogen and oxygen atoms in total. The van der Waals surface area contributed by atoms with Crippen LogP contribution < -0.4 is 5.32 Å². The molecule has 0 spiro atoms. The van der Waals surface area contributed by atoms with Gasteiger partial charge in [-0.3, -0.25) is 0 Å². The summed E-state index contributed by atoms with van der Waals surface area (Å²) in [4.78, 5) is 10.1. The van der Waals surface area contributed by atoms with Gasteiger partial charge >= 0.3 is 6.16 Å². The molecule has 1 amide bonds. The van der Waals surface area contributed by atoms with E-state index in [1.165, 1.54) is 32.1 Å². The van der Waals surface area contributed by atoms with Crippen molar-refractivity contribution < 1.29 is 9.18 Å². The Hall–Kier alpha value is -0.643. The fourth-order valence-electron chi connectivity index (χ4n) is 3.14. The van der Waals surface area contributed by atoms with Crippen molar-refractivity contribution in [2.45, 2.75) is 63.6 Å². The lowest BCUT2D eigenvalue weighted by Gasteiger charge is -2.37. The fourth-order valence-corrected chi connectivity index (χ4v) is 5.36. The van der Waals surface area contributed by atoms with Crippen LogP contribution in [-0.4, -0.2) is 20.8 Å². The maximum absolute atomic E-state index is 12.0. The lowest BCUT2D eigenvalue weighted by molar-refractivity contribution is 0.221. The number of amides is 1. The number of nitrogens with one attached hydrogen (secondary N) is 1. The van der Waals surface area contributed by atoms with Crippen molar-refractivity contribution in [1.82, 2.24) is 5.32 Å². The first kappa shape index (κ1) is 16.4. The average molecular weight is 285 g/mol. The van der Waals surface area contributed by atoms with Crippen LogP contribution in [-0.2, 0) is 0 Å². The molecule has 2 unspecified atom stereocenters. The monoisotopic (exact) mass is 285 g/mol. The third kappa shape index (κ3) is 5.89. The highest BCUT2D eigenvalue weighted by atomic mass is 28.3. The number of halogens is 1. The Bertz CT molecular complexity index is 307. The molecular formula is C15H28FNOSi. The average Bonchev–Trinajstić information content (AvgIpc) is 2.38. The minimum absolute atomic E-state index is 0.471. The first-order valence-corrected chi connectivity index (χ1v) is 10.7. The number of carbonyl (C=O) groups excluding carboxylic acids is 1. The summed E-state index contributed by atoms with van der Waals surface area (Å²) >= 11 is 0. The molecule has 0 aromatic rings. The second-order valence-corrected chi connectivity index (χ2v) is 11.3. The molecule has 4 heteroatoms. The van der Waals surface area contributed by atoms with E-state index in [0.717, 1.165) is 24.3 Å². The van der Waals surface area contributed by atoms with Gasteiger partial charge in [0.15, 0.2) is 0 Å². The van der Waals surface area contributed by atoms with Crippen molar-refractivity contribution in [3.05, 3.63) is 12.3 Å². The Morgan fingerprint density at radius 2 is 2.16 bits per heavy atom. The first-order valence-electron chi connectivity index (χ1n) is 7.52. The lowest BCUT2D eigenvalue weighted by atomic mass is 9.85. The van der Waals surface area contributed by atoms with Crippen LogP contribution in [0.2, 0.25) is 18.6 Å². The number of hydrogen-bond donors (Lipinski definition) is 1. The number of unbranched alkanes of at least 4 members (excludes halogenated alkanes) is 1. The summed E-state index contributed by atoms with van der Waals surface area (Å²) < 4.78 is 12.0. The highest BCUT2D eigenvalue weighted by Gasteiger charge is 2.32. The van der Waals surface area contributed by atoms with Gasteiger partial charge in [-0.25, -0.2) is 4.79 Å². The van der Waals surface area contributed by atoms with Crippen molar-refractivity contribution in [1.29, 1.82) is 0 Å². The molecule has 1 N–H and O–H groups in total. The van der Waals surface area contributed by atoms with E-state index in [1.54, 1.807) is 0 Å². The molecule has 0 saturated heterocycles. The Morgan fingerprint density at radius 3 is 2.79 bits per heavy atom. The van der Waals surface area contributed by atoms with Gasteiger partial charge in [-0.1, -0.05) is 45.2 Å². The number of hydrogen-bond acceptors (Lipinski definition) is 1. The second-order valence-electron chi connectivity index (χ2n) is 6.45. The van der Waals surface area contributed by atoms with Crippen molar-refractivity contribution in [2.75, 3.05) is 6.54 Å². The van der Waals surface area contributed by atoms with Crippen LogP contribution in [0.5, 0.6) is 0 Å². The molecule has 110 valence electrons. The van der Waals surface area contributed by atoms with Crippen LogP contribution in [0.3, 0.4) is 0 Å². The molecule has 1 saturated carbocycles. The van der Waals surface area contributed by atoms with E-state index < -0.39 is 14.2 Å². The van der Waals surface area contributed by atoms with Gasteiger partial charge in [-0.05, 0) is 24.3 Å². The highest BCUT2D eigenvalue weighted by molar-refractivity contribution is 6.83. The van der Waals surface area contributed by atoms with Gasteiger partial charge in [0.2, 0.25) is 0 Å². The number of rotatable bonds is 7. The zero-order chi connectivity index (χ0) is 14.3. The summed E-state index contributed by atoms with van der Waals surface area (Å²) in [5.74, 6) is 0.826. The molecule has 0 aromatic carbocycles. The predicted molar refractivity (Wildman–Crippen MR) is 81.7 cm³/mol. The van der Waals surface area contributed by atoms with E-state index in [2.05, 4.69) is 30.7 Å². The molecule has 0 heterocycles. The Balaban J connectivity index is 2.24. The van der Waals surface area contributed by atoms with Gasteiger partial charge in [-0.2, -0.15) is 0 Å². The summed E-state index contributed by atoms with van der Waals surface area (Å²) in [5.41, 5.74) is 3.12. The topological polar surface area (TPSA) is 29.1 Å². The predicted octanol–water partition coefficient (Wildman–Crippen LogP) is 4.83. The van der Waals surface area contributed by atoms with E-state index in [4.69, 9.17) is 0 Å². The molecule has 0 aromatic heterocycles. The van der Waals surface area contributed by atoms with Gasteiger partial charge in [0, 0.05) is 6.54 Å². The summed E-state index contributed by atoms with van der Waals surface area (Å²) in [7, 11) is -1.23. The summed E-state index contributed by atoms with van der Waals surface area (Å²) in [5, 5.41) is 2.21. The van der Waals surface area contributed by atoms with Crippen LogP contribution >= 0.6 is 0 Å². The van der Waals surface area contributed by atoms with Crippen LogP contribution in [0.1, 0.15) is 44.9 Å². The minimum atomic E-state index is -1.41.